The quantitative estimate of drug-likeness (QED) is 0.614. The van der Waals surface area contributed by atoms with Gasteiger partial charge in [-0.15, -0.1) is 0 Å². The number of rotatable bonds is 4. The molecule has 1 atom stereocenters. The molecule has 0 aliphatic carbocycles. The lowest BCUT2D eigenvalue weighted by Gasteiger charge is -2.01. The van der Waals surface area contributed by atoms with Crippen LogP contribution >= 0.6 is 11.3 Å². The molecule has 5 nitrogen and oxygen atoms in total. The van der Waals surface area contributed by atoms with Gasteiger partial charge >= 0.3 is 11.0 Å². The molecule has 0 amide bonds. The van der Waals surface area contributed by atoms with Crippen molar-refractivity contribution in [1.29, 1.82) is 0 Å². The summed E-state index contributed by atoms with van der Waals surface area (Å²) < 4.78 is 0. The fourth-order valence-corrected chi connectivity index (χ4v) is 1.91. The monoisotopic (exact) mass is 215 g/mol. The van der Waals surface area contributed by atoms with Crippen molar-refractivity contribution in [2.24, 2.45) is 5.92 Å². The highest BCUT2D eigenvalue weighted by Crippen LogP contribution is 2.25. The van der Waals surface area contributed by atoms with E-state index in [-0.39, 0.29) is 5.00 Å². The molecule has 0 aliphatic rings. The van der Waals surface area contributed by atoms with Gasteiger partial charge in [-0.2, -0.15) is 0 Å². The third kappa shape index (κ3) is 2.53. The molecule has 0 fully saturated rings. The Kier molecular flexibility index (Phi) is 3.19. The van der Waals surface area contributed by atoms with Crippen molar-refractivity contribution in [3.63, 3.8) is 0 Å². The third-order valence-electron chi connectivity index (χ3n) is 1.76. The molecule has 1 N–H and O–H groups in total. The molecular formula is C8H9NO4S. The van der Waals surface area contributed by atoms with Gasteiger partial charge in [-0.1, -0.05) is 18.3 Å². The lowest BCUT2D eigenvalue weighted by Crippen LogP contribution is -2.11. The summed E-state index contributed by atoms with van der Waals surface area (Å²) in [5.41, 5.74) is 0. The van der Waals surface area contributed by atoms with Gasteiger partial charge in [-0.3, -0.25) is 14.9 Å². The first-order chi connectivity index (χ1) is 6.50. The smallest absolute Gasteiger partial charge is 0.324 e. The molecule has 1 aromatic heterocycles. The van der Waals surface area contributed by atoms with Crippen molar-refractivity contribution in [1.82, 2.24) is 0 Å². The molecule has 1 aromatic rings. The first-order valence-electron chi connectivity index (χ1n) is 3.96. The van der Waals surface area contributed by atoms with Crippen molar-refractivity contribution in [3.05, 3.63) is 27.1 Å². The predicted molar refractivity (Wildman–Crippen MR) is 51.5 cm³/mol. The summed E-state index contributed by atoms with van der Waals surface area (Å²) in [6.45, 7) is 1.58. The zero-order valence-electron chi connectivity index (χ0n) is 7.47. The van der Waals surface area contributed by atoms with E-state index in [4.69, 9.17) is 5.11 Å². The van der Waals surface area contributed by atoms with Crippen LogP contribution in [0.3, 0.4) is 0 Å². The van der Waals surface area contributed by atoms with Crippen LogP contribution < -0.4 is 0 Å². The summed E-state index contributed by atoms with van der Waals surface area (Å²) in [5, 5.41) is 19.0. The Bertz CT molecular complexity index is 360. The lowest BCUT2D eigenvalue weighted by molar-refractivity contribution is -0.380. The Morgan fingerprint density at radius 3 is 2.79 bits per heavy atom. The van der Waals surface area contributed by atoms with Gasteiger partial charge in [0.15, 0.2) is 0 Å². The molecule has 6 heteroatoms. The Morgan fingerprint density at radius 1 is 1.71 bits per heavy atom. The van der Waals surface area contributed by atoms with Crippen LogP contribution in [0.2, 0.25) is 0 Å². The summed E-state index contributed by atoms with van der Waals surface area (Å²) >= 11 is 1.02. The number of thiophene rings is 1. The largest absolute Gasteiger partial charge is 0.481 e. The topological polar surface area (TPSA) is 80.4 Å². The van der Waals surface area contributed by atoms with Gasteiger partial charge in [-0.25, -0.2) is 0 Å². The van der Waals surface area contributed by atoms with E-state index >= 15 is 0 Å². The van der Waals surface area contributed by atoms with E-state index in [9.17, 15) is 14.9 Å². The van der Waals surface area contributed by atoms with Gasteiger partial charge in [0.25, 0.3) is 0 Å². The van der Waals surface area contributed by atoms with Crippen LogP contribution in [-0.2, 0) is 11.2 Å². The first-order valence-corrected chi connectivity index (χ1v) is 4.78. The number of carboxylic acids is 1. The van der Waals surface area contributed by atoms with Crippen LogP contribution in [0.1, 0.15) is 11.8 Å². The normalized spacial score (nSPS) is 12.4. The second-order valence-corrected chi connectivity index (χ2v) is 4.09. The maximum Gasteiger partial charge on any atom is 0.324 e. The number of nitro groups is 1. The molecule has 0 spiro atoms. The Labute approximate surface area is 84.1 Å². The molecule has 1 rings (SSSR count). The van der Waals surface area contributed by atoms with Gasteiger partial charge in [0.2, 0.25) is 0 Å². The van der Waals surface area contributed by atoms with E-state index in [0.717, 1.165) is 16.2 Å². The maximum absolute atomic E-state index is 10.5. The highest BCUT2D eigenvalue weighted by Gasteiger charge is 2.15. The minimum atomic E-state index is -0.888. The predicted octanol–water partition coefficient (Wildman–Crippen LogP) is 1.92. The summed E-state index contributed by atoms with van der Waals surface area (Å²) in [7, 11) is 0. The van der Waals surface area contributed by atoms with Crippen molar-refractivity contribution in [2.45, 2.75) is 13.3 Å². The van der Waals surface area contributed by atoms with E-state index < -0.39 is 16.8 Å². The van der Waals surface area contributed by atoms with Gasteiger partial charge in [0.05, 0.1) is 10.8 Å². The fraction of sp³-hybridized carbons (Fsp3) is 0.375. The van der Waals surface area contributed by atoms with Gasteiger partial charge < -0.3 is 5.11 Å². The third-order valence-corrected chi connectivity index (χ3v) is 2.82. The first kappa shape index (κ1) is 10.6. The van der Waals surface area contributed by atoms with Crippen LogP contribution in [0.15, 0.2) is 12.1 Å². The van der Waals surface area contributed by atoms with Crippen LogP contribution in [0.25, 0.3) is 0 Å². The van der Waals surface area contributed by atoms with Crippen LogP contribution in [0.4, 0.5) is 5.00 Å². The summed E-state index contributed by atoms with van der Waals surface area (Å²) in [5.74, 6) is -1.39. The number of nitrogens with zero attached hydrogens (tertiary/aromatic N) is 1. The molecule has 76 valence electrons. The number of hydrogen-bond acceptors (Lipinski definition) is 4. The number of carboxylic acid groups (broad SMARTS) is 1. The van der Waals surface area contributed by atoms with Crippen molar-refractivity contribution in [2.75, 3.05) is 0 Å². The Hall–Kier alpha value is -1.43. The number of hydrogen-bond donors (Lipinski definition) is 1. The number of aliphatic carboxylic acids is 1. The molecular weight excluding hydrogens is 206 g/mol. The molecule has 1 unspecified atom stereocenters. The zero-order chi connectivity index (χ0) is 10.7. The van der Waals surface area contributed by atoms with E-state index in [2.05, 4.69) is 0 Å². The molecule has 1 heterocycles. The second kappa shape index (κ2) is 4.19. The second-order valence-electron chi connectivity index (χ2n) is 2.94. The van der Waals surface area contributed by atoms with E-state index in [0.29, 0.717) is 6.42 Å². The van der Waals surface area contributed by atoms with Crippen molar-refractivity contribution < 1.29 is 14.8 Å². The van der Waals surface area contributed by atoms with Crippen LogP contribution in [0, 0.1) is 16.0 Å². The van der Waals surface area contributed by atoms with Crippen LogP contribution in [0.5, 0.6) is 0 Å². The number of carbonyl (C=O) groups is 1. The molecule has 0 saturated carbocycles. The van der Waals surface area contributed by atoms with Gasteiger partial charge in [0, 0.05) is 10.9 Å². The van der Waals surface area contributed by atoms with Crippen molar-refractivity contribution in [3.8, 4) is 0 Å². The molecule has 0 aromatic carbocycles. The van der Waals surface area contributed by atoms with E-state index in [1.54, 1.807) is 13.0 Å². The molecule has 0 saturated heterocycles. The standard InChI is InChI=1S/C8H9NO4S/c1-5(8(10)11)4-6-2-3-7(14-6)9(12)13/h2-3,5H,4H2,1H3,(H,10,11). The highest BCUT2D eigenvalue weighted by atomic mass is 32.1. The fourth-order valence-electron chi connectivity index (χ4n) is 0.964. The summed E-state index contributed by atoms with van der Waals surface area (Å²) in [6, 6.07) is 3.00. The van der Waals surface area contributed by atoms with Gasteiger partial charge in [0.1, 0.15) is 0 Å². The van der Waals surface area contributed by atoms with E-state index in [1.807, 2.05) is 0 Å². The van der Waals surface area contributed by atoms with Crippen LogP contribution in [-0.4, -0.2) is 16.0 Å². The molecule has 0 aliphatic heterocycles. The lowest BCUT2D eigenvalue weighted by atomic mass is 10.1. The Morgan fingerprint density at radius 2 is 2.36 bits per heavy atom. The van der Waals surface area contributed by atoms with Gasteiger partial charge in [-0.05, 0) is 12.5 Å². The van der Waals surface area contributed by atoms with Crippen molar-refractivity contribution >= 4 is 22.3 Å². The minimum absolute atomic E-state index is 0.0533. The molecule has 14 heavy (non-hydrogen) atoms. The molecule has 0 bridgehead atoms. The molecule has 0 radical (unpaired) electrons. The zero-order valence-corrected chi connectivity index (χ0v) is 8.28. The van der Waals surface area contributed by atoms with E-state index in [1.165, 1.54) is 6.07 Å². The average Bonchev–Trinajstić information content (AvgIpc) is 2.52. The summed E-state index contributed by atoms with van der Waals surface area (Å²) in [4.78, 5) is 21.1. The maximum atomic E-state index is 10.5. The highest BCUT2D eigenvalue weighted by molar-refractivity contribution is 7.15. The SMILES string of the molecule is CC(Cc1ccc([N+](=O)[O-])s1)C(=O)O. The minimum Gasteiger partial charge on any atom is -0.481 e. The Balaban J connectivity index is 2.69. The average molecular weight is 215 g/mol. The summed E-state index contributed by atoms with van der Waals surface area (Å²) in [6.07, 6.45) is 0.341.